The molecule has 0 saturated carbocycles. The zero-order valence-corrected chi connectivity index (χ0v) is 13.4. The summed E-state index contributed by atoms with van der Waals surface area (Å²) >= 11 is 1.48. The second kappa shape index (κ2) is 6.17. The molecular formula is C12H18ClN5O2S. The number of fused-ring (bicyclic) bond motifs is 4. The van der Waals surface area contributed by atoms with Crippen molar-refractivity contribution in [1.82, 2.24) is 20.5 Å². The van der Waals surface area contributed by atoms with Crippen molar-refractivity contribution >= 4 is 40.8 Å². The minimum atomic E-state index is -0.266. The molecule has 3 heterocycles. The number of aromatic nitrogens is 1. The first-order valence-electron chi connectivity index (χ1n) is 6.56. The summed E-state index contributed by atoms with van der Waals surface area (Å²) < 4.78 is 0. The number of urea groups is 1. The smallest absolute Gasteiger partial charge is 0.320 e. The number of nitrogens with zero attached hydrogens (tertiary/aromatic N) is 2. The highest BCUT2D eigenvalue weighted by Gasteiger charge is 2.36. The third-order valence-corrected chi connectivity index (χ3v) is 4.78. The largest absolute Gasteiger partial charge is 0.341 e. The van der Waals surface area contributed by atoms with Gasteiger partial charge in [0.05, 0.1) is 11.7 Å². The summed E-state index contributed by atoms with van der Waals surface area (Å²) in [6.07, 6.45) is 0.793. The molecule has 2 bridgehead atoms. The molecule has 3 N–H and O–H groups in total. The summed E-state index contributed by atoms with van der Waals surface area (Å²) in [5.74, 6) is 0.109. The SMILES string of the molecule is CNC(=O)Nc1nc2c(s1)C1CN(C(C)=O)CC(C2)N1.Cl. The van der Waals surface area contributed by atoms with Gasteiger partial charge < -0.3 is 15.5 Å². The van der Waals surface area contributed by atoms with E-state index >= 15 is 0 Å². The van der Waals surface area contributed by atoms with Crippen molar-refractivity contribution in [2.45, 2.75) is 25.4 Å². The lowest BCUT2D eigenvalue weighted by atomic mass is 9.96. The van der Waals surface area contributed by atoms with Crippen LogP contribution in [0.1, 0.15) is 23.5 Å². The number of thiazole rings is 1. The van der Waals surface area contributed by atoms with Crippen LogP contribution in [0.3, 0.4) is 0 Å². The molecule has 0 radical (unpaired) electrons. The summed E-state index contributed by atoms with van der Waals surface area (Å²) in [5.41, 5.74) is 1.04. The second-order valence-electron chi connectivity index (χ2n) is 5.08. The maximum Gasteiger partial charge on any atom is 0.320 e. The third-order valence-electron chi connectivity index (χ3n) is 3.66. The summed E-state index contributed by atoms with van der Waals surface area (Å²) in [7, 11) is 1.57. The summed E-state index contributed by atoms with van der Waals surface area (Å²) in [4.78, 5) is 30.4. The van der Waals surface area contributed by atoms with Gasteiger partial charge in [-0.1, -0.05) is 11.3 Å². The highest BCUT2D eigenvalue weighted by atomic mass is 35.5. The molecule has 3 rings (SSSR count). The Hall–Kier alpha value is -1.38. The van der Waals surface area contributed by atoms with Crippen LogP contribution in [-0.4, -0.2) is 48.0 Å². The van der Waals surface area contributed by atoms with E-state index in [9.17, 15) is 9.59 Å². The van der Waals surface area contributed by atoms with Gasteiger partial charge in [-0.25, -0.2) is 9.78 Å². The predicted molar refractivity (Wildman–Crippen MR) is 83.1 cm³/mol. The Labute approximate surface area is 132 Å². The molecule has 2 aliphatic heterocycles. The number of hydrogen-bond acceptors (Lipinski definition) is 5. The molecule has 21 heavy (non-hydrogen) atoms. The number of carbonyl (C=O) groups is 2. The fourth-order valence-electron chi connectivity index (χ4n) is 2.72. The van der Waals surface area contributed by atoms with Gasteiger partial charge in [0.25, 0.3) is 0 Å². The normalized spacial score (nSPS) is 22.9. The fraction of sp³-hybridized carbons (Fsp3) is 0.583. The predicted octanol–water partition coefficient (Wildman–Crippen LogP) is 0.734. The van der Waals surface area contributed by atoms with Crippen LogP contribution in [0.15, 0.2) is 0 Å². The summed E-state index contributed by atoms with van der Waals surface area (Å²) in [5, 5.41) is 9.35. The number of rotatable bonds is 1. The van der Waals surface area contributed by atoms with E-state index in [0.29, 0.717) is 11.7 Å². The quantitative estimate of drug-likeness (QED) is 0.708. The maximum atomic E-state index is 11.6. The summed E-state index contributed by atoms with van der Waals surface area (Å²) in [6.45, 7) is 2.99. The van der Waals surface area contributed by atoms with Gasteiger partial charge in [-0.3, -0.25) is 10.1 Å². The lowest BCUT2D eigenvalue weighted by Gasteiger charge is -2.41. The van der Waals surface area contributed by atoms with Gasteiger partial charge in [0.2, 0.25) is 5.91 Å². The van der Waals surface area contributed by atoms with E-state index in [1.165, 1.54) is 11.3 Å². The number of amides is 3. The fourth-order valence-corrected chi connectivity index (χ4v) is 3.76. The highest BCUT2D eigenvalue weighted by Crippen LogP contribution is 2.35. The molecule has 0 aromatic carbocycles. The number of carbonyl (C=O) groups excluding carboxylic acids is 2. The number of anilines is 1. The Morgan fingerprint density at radius 1 is 1.43 bits per heavy atom. The average Bonchev–Trinajstić information content (AvgIpc) is 2.80. The Morgan fingerprint density at radius 3 is 2.86 bits per heavy atom. The lowest BCUT2D eigenvalue weighted by Crippen LogP contribution is -2.56. The molecule has 2 unspecified atom stereocenters. The first-order valence-corrected chi connectivity index (χ1v) is 7.38. The van der Waals surface area contributed by atoms with Gasteiger partial charge in [0.1, 0.15) is 0 Å². The molecule has 3 amide bonds. The minimum Gasteiger partial charge on any atom is -0.341 e. The Kier molecular flexibility index (Phi) is 4.70. The van der Waals surface area contributed by atoms with Crippen LogP contribution in [0.4, 0.5) is 9.93 Å². The molecule has 0 aliphatic carbocycles. The number of hydrogen-bond donors (Lipinski definition) is 3. The zero-order chi connectivity index (χ0) is 14.3. The van der Waals surface area contributed by atoms with E-state index in [-0.39, 0.29) is 36.4 Å². The van der Waals surface area contributed by atoms with E-state index in [2.05, 4.69) is 20.9 Å². The van der Waals surface area contributed by atoms with Crippen molar-refractivity contribution in [3.63, 3.8) is 0 Å². The maximum absolute atomic E-state index is 11.6. The molecule has 1 saturated heterocycles. The molecule has 0 spiro atoms. The van der Waals surface area contributed by atoms with Crippen molar-refractivity contribution in [3.05, 3.63) is 10.6 Å². The lowest BCUT2D eigenvalue weighted by molar-refractivity contribution is -0.130. The molecule has 7 nitrogen and oxygen atoms in total. The molecular weight excluding hydrogens is 314 g/mol. The van der Waals surface area contributed by atoms with Gasteiger partial charge >= 0.3 is 6.03 Å². The zero-order valence-electron chi connectivity index (χ0n) is 11.8. The Bertz CT molecular complexity index is 564. The van der Waals surface area contributed by atoms with Gasteiger partial charge in [-0.05, 0) is 0 Å². The van der Waals surface area contributed by atoms with Crippen molar-refractivity contribution < 1.29 is 9.59 Å². The monoisotopic (exact) mass is 331 g/mol. The molecule has 1 aromatic rings. The summed E-state index contributed by atoms with van der Waals surface area (Å²) in [6, 6.07) is 0.108. The first kappa shape index (κ1) is 16.0. The van der Waals surface area contributed by atoms with Crippen molar-refractivity contribution in [1.29, 1.82) is 0 Å². The van der Waals surface area contributed by atoms with Crippen LogP contribution in [0.2, 0.25) is 0 Å². The highest BCUT2D eigenvalue weighted by molar-refractivity contribution is 7.16. The molecule has 9 heteroatoms. The van der Waals surface area contributed by atoms with Crippen LogP contribution >= 0.6 is 23.7 Å². The molecule has 2 atom stereocenters. The standard InChI is InChI=1S/C12H17N5O2S.ClH/c1-6(18)17-4-7-3-8-10(9(5-17)14-7)20-12(15-8)16-11(19)13-2;/h7,9,14H,3-5H2,1-2H3,(H2,13,15,16,19);1H. The topological polar surface area (TPSA) is 86.4 Å². The molecule has 116 valence electrons. The van der Waals surface area contributed by atoms with Gasteiger partial charge in [-0.15, -0.1) is 12.4 Å². The van der Waals surface area contributed by atoms with E-state index in [4.69, 9.17) is 0 Å². The van der Waals surface area contributed by atoms with E-state index < -0.39 is 0 Å². The van der Waals surface area contributed by atoms with Crippen molar-refractivity contribution in [2.75, 3.05) is 25.5 Å². The number of piperazine rings is 1. The Balaban J connectivity index is 0.00000161. The van der Waals surface area contributed by atoms with Gasteiger partial charge in [0.15, 0.2) is 5.13 Å². The van der Waals surface area contributed by atoms with Crippen LogP contribution in [0, 0.1) is 0 Å². The van der Waals surface area contributed by atoms with E-state index in [0.717, 1.165) is 23.5 Å². The Morgan fingerprint density at radius 2 is 2.19 bits per heavy atom. The number of halogens is 1. The van der Waals surface area contributed by atoms with Crippen LogP contribution in [0.5, 0.6) is 0 Å². The van der Waals surface area contributed by atoms with Crippen molar-refractivity contribution in [2.24, 2.45) is 0 Å². The average molecular weight is 332 g/mol. The second-order valence-corrected chi connectivity index (χ2v) is 6.11. The molecule has 1 fully saturated rings. The molecule has 2 aliphatic rings. The van der Waals surface area contributed by atoms with Crippen LogP contribution in [-0.2, 0) is 11.2 Å². The van der Waals surface area contributed by atoms with Crippen molar-refractivity contribution in [3.8, 4) is 0 Å². The van der Waals surface area contributed by atoms with Gasteiger partial charge in [-0.2, -0.15) is 0 Å². The minimum absolute atomic E-state index is 0. The van der Waals surface area contributed by atoms with Crippen LogP contribution < -0.4 is 16.0 Å². The first-order chi connectivity index (χ1) is 9.56. The van der Waals surface area contributed by atoms with E-state index in [1.807, 2.05) is 4.90 Å². The molecule has 1 aromatic heterocycles. The third kappa shape index (κ3) is 3.12. The van der Waals surface area contributed by atoms with E-state index in [1.54, 1.807) is 14.0 Å². The number of nitrogens with one attached hydrogen (secondary N) is 3. The van der Waals surface area contributed by atoms with Crippen LogP contribution in [0.25, 0.3) is 0 Å². The van der Waals surface area contributed by atoms with Gasteiger partial charge in [0, 0.05) is 44.4 Å².